The standard InChI is InChI=1S/C11H7F2N3O4/c12-7-3-1-2-6(9(7)13)4-15-5-8(16(19)20)10(14-15)11(17)18/h1-3,5H,4H2,(H,17,18). The largest absolute Gasteiger partial charge is 0.476 e. The monoisotopic (exact) mass is 283 g/mol. The van der Waals surface area contributed by atoms with Crippen LogP contribution in [0.4, 0.5) is 14.5 Å². The number of carboxylic acid groups (broad SMARTS) is 1. The summed E-state index contributed by atoms with van der Waals surface area (Å²) < 4.78 is 27.3. The summed E-state index contributed by atoms with van der Waals surface area (Å²) in [6.07, 6.45) is 0.855. The van der Waals surface area contributed by atoms with Gasteiger partial charge in [0.05, 0.1) is 11.5 Å². The van der Waals surface area contributed by atoms with E-state index in [1.165, 1.54) is 12.1 Å². The van der Waals surface area contributed by atoms with Crippen LogP contribution in [0.1, 0.15) is 16.1 Å². The van der Waals surface area contributed by atoms with Gasteiger partial charge in [0.25, 0.3) is 0 Å². The van der Waals surface area contributed by atoms with Crippen LogP contribution >= 0.6 is 0 Å². The molecule has 0 radical (unpaired) electrons. The minimum absolute atomic E-state index is 0.0978. The Morgan fingerprint density at radius 3 is 2.70 bits per heavy atom. The molecule has 0 aliphatic rings. The summed E-state index contributed by atoms with van der Waals surface area (Å²) in [6, 6.07) is 3.46. The lowest BCUT2D eigenvalue weighted by Gasteiger charge is -2.03. The third-order valence-corrected chi connectivity index (χ3v) is 2.51. The molecule has 1 aromatic carbocycles. The average molecular weight is 283 g/mol. The van der Waals surface area contributed by atoms with E-state index in [1.54, 1.807) is 0 Å². The average Bonchev–Trinajstić information content (AvgIpc) is 2.79. The normalized spacial score (nSPS) is 10.5. The number of halogens is 2. The first kappa shape index (κ1) is 13.6. The van der Waals surface area contributed by atoms with Crippen LogP contribution < -0.4 is 0 Å². The van der Waals surface area contributed by atoms with Crippen LogP contribution in [0.2, 0.25) is 0 Å². The van der Waals surface area contributed by atoms with Gasteiger partial charge in [-0.25, -0.2) is 13.6 Å². The Labute approximate surface area is 110 Å². The van der Waals surface area contributed by atoms with Crippen molar-refractivity contribution in [3.8, 4) is 0 Å². The highest BCUT2D eigenvalue weighted by atomic mass is 19.2. The molecule has 1 N–H and O–H groups in total. The van der Waals surface area contributed by atoms with Crippen LogP contribution in [0.15, 0.2) is 24.4 Å². The number of nitro groups is 1. The zero-order chi connectivity index (χ0) is 14.9. The van der Waals surface area contributed by atoms with Crippen LogP contribution in [-0.2, 0) is 6.54 Å². The molecule has 0 amide bonds. The van der Waals surface area contributed by atoms with Gasteiger partial charge < -0.3 is 5.11 Å². The van der Waals surface area contributed by atoms with Crippen LogP contribution in [-0.4, -0.2) is 25.8 Å². The van der Waals surface area contributed by atoms with Gasteiger partial charge in [-0.15, -0.1) is 0 Å². The topological polar surface area (TPSA) is 98.3 Å². The third-order valence-electron chi connectivity index (χ3n) is 2.51. The van der Waals surface area contributed by atoms with E-state index < -0.39 is 33.9 Å². The van der Waals surface area contributed by atoms with Gasteiger partial charge in [0.1, 0.15) is 6.20 Å². The minimum Gasteiger partial charge on any atom is -0.476 e. The molecule has 1 heterocycles. The summed E-state index contributed by atoms with van der Waals surface area (Å²) in [5, 5.41) is 22.9. The molecule has 0 saturated heterocycles. The number of carboxylic acids is 1. The van der Waals surface area contributed by atoms with E-state index in [1.807, 2.05) is 0 Å². The number of carbonyl (C=O) groups is 1. The van der Waals surface area contributed by atoms with E-state index in [4.69, 9.17) is 5.11 Å². The molecule has 2 rings (SSSR count). The van der Waals surface area contributed by atoms with E-state index in [9.17, 15) is 23.7 Å². The second-order valence-corrected chi connectivity index (χ2v) is 3.84. The lowest BCUT2D eigenvalue weighted by Crippen LogP contribution is -2.06. The van der Waals surface area contributed by atoms with Gasteiger partial charge in [-0.2, -0.15) is 5.10 Å². The van der Waals surface area contributed by atoms with Crippen LogP contribution in [0.5, 0.6) is 0 Å². The van der Waals surface area contributed by atoms with Crippen molar-refractivity contribution in [2.45, 2.75) is 6.54 Å². The Bertz CT molecular complexity index is 667. The van der Waals surface area contributed by atoms with Crippen molar-refractivity contribution < 1.29 is 23.6 Å². The van der Waals surface area contributed by atoms with E-state index >= 15 is 0 Å². The van der Waals surface area contributed by atoms with E-state index in [2.05, 4.69) is 5.10 Å². The zero-order valence-electron chi connectivity index (χ0n) is 9.79. The summed E-state index contributed by atoms with van der Waals surface area (Å²) in [4.78, 5) is 20.6. The van der Waals surface area contributed by atoms with Gasteiger partial charge in [0, 0.05) is 5.56 Å². The number of aromatic carboxylic acids is 1. The van der Waals surface area contributed by atoms with Crippen molar-refractivity contribution in [3.63, 3.8) is 0 Å². The van der Waals surface area contributed by atoms with E-state index in [0.29, 0.717) is 0 Å². The van der Waals surface area contributed by atoms with E-state index in [-0.39, 0.29) is 12.1 Å². The zero-order valence-corrected chi connectivity index (χ0v) is 9.79. The molecule has 0 spiro atoms. The first-order valence-corrected chi connectivity index (χ1v) is 5.28. The maximum Gasteiger partial charge on any atom is 0.363 e. The number of hydrogen-bond donors (Lipinski definition) is 1. The van der Waals surface area contributed by atoms with E-state index in [0.717, 1.165) is 16.9 Å². The maximum atomic E-state index is 13.4. The van der Waals surface area contributed by atoms with Crippen molar-refractivity contribution in [2.24, 2.45) is 0 Å². The van der Waals surface area contributed by atoms with Crippen LogP contribution in [0.25, 0.3) is 0 Å². The summed E-state index contributed by atoms with van der Waals surface area (Å²) >= 11 is 0. The molecule has 2 aromatic rings. The Balaban J connectivity index is 2.40. The first-order chi connectivity index (χ1) is 9.40. The van der Waals surface area contributed by atoms with Crippen LogP contribution in [0.3, 0.4) is 0 Å². The third kappa shape index (κ3) is 2.46. The molecule has 1 aromatic heterocycles. The Kier molecular flexibility index (Phi) is 3.42. The van der Waals surface area contributed by atoms with Crippen LogP contribution in [0, 0.1) is 21.7 Å². The number of nitrogens with zero attached hydrogens (tertiary/aromatic N) is 3. The molecule has 104 valence electrons. The number of hydrogen-bond acceptors (Lipinski definition) is 4. The van der Waals surface area contributed by atoms with Crippen molar-refractivity contribution in [3.05, 3.63) is 57.4 Å². The smallest absolute Gasteiger partial charge is 0.363 e. The minimum atomic E-state index is -1.57. The Morgan fingerprint density at radius 1 is 1.45 bits per heavy atom. The van der Waals surface area contributed by atoms with Gasteiger partial charge in [-0.3, -0.25) is 14.8 Å². The fourth-order valence-corrected chi connectivity index (χ4v) is 1.62. The van der Waals surface area contributed by atoms with Gasteiger partial charge in [-0.1, -0.05) is 12.1 Å². The predicted molar refractivity (Wildman–Crippen MR) is 61.3 cm³/mol. The highest BCUT2D eigenvalue weighted by Gasteiger charge is 2.25. The molecular weight excluding hydrogens is 276 g/mol. The molecule has 20 heavy (non-hydrogen) atoms. The summed E-state index contributed by atoms with van der Waals surface area (Å²) in [5.41, 5.74) is -1.57. The van der Waals surface area contributed by atoms with Gasteiger partial charge in [0.2, 0.25) is 5.69 Å². The van der Waals surface area contributed by atoms with Crippen molar-refractivity contribution in [2.75, 3.05) is 0 Å². The summed E-state index contributed by atoms with van der Waals surface area (Å²) in [7, 11) is 0. The lowest BCUT2D eigenvalue weighted by molar-refractivity contribution is -0.385. The SMILES string of the molecule is O=C(O)c1nn(Cc2cccc(F)c2F)cc1[N+](=O)[O-]. The first-order valence-electron chi connectivity index (χ1n) is 5.28. The second kappa shape index (κ2) is 5.03. The number of rotatable bonds is 4. The molecule has 0 aliphatic heterocycles. The molecule has 0 bridgehead atoms. The quantitative estimate of drug-likeness (QED) is 0.681. The van der Waals surface area contributed by atoms with Crippen molar-refractivity contribution >= 4 is 11.7 Å². The Hall–Kier alpha value is -2.84. The molecule has 0 atom stereocenters. The summed E-state index contributed by atoms with van der Waals surface area (Å²) in [5.74, 6) is -3.75. The highest BCUT2D eigenvalue weighted by Crippen LogP contribution is 2.19. The number of aromatic nitrogens is 2. The van der Waals surface area contributed by atoms with Crippen molar-refractivity contribution in [1.82, 2.24) is 9.78 Å². The van der Waals surface area contributed by atoms with Gasteiger partial charge in [0.15, 0.2) is 11.6 Å². The molecule has 0 unspecified atom stereocenters. The van der Waals surface area contributed by atoms with Gasteiger partial charge in [-0.05, 0) is 6.07 Å². The fraction of sp³-hybridized carbons (Fsp3) is 0.0909. The fourth-order valence-electron chi connectivity index (χ4n) is 1.62. The highest BCUT2D eigenvalue weighted by molar-refractivity contribution is 5.89. The number of benzene rings is 1. The Morgan fingerprint density at radius 2 is 2.15 bits per heavy atom. The molecule has 0 fully saturated rings. The molecule has 0 aliphatic carbocycles. The lowest BCUT2D eigenvalue weighted by atomic mass is 10.2. The predicted octanol–water partition coefficient (Wildman–Crippen LogP) is 1.82. The molecule has 7 nitrogen and oxygen atoms in total. The second-order valence-electron chi connectivity index (χ2n) is 3.84. The molecule has 9 heteroatoms. The summed E-state index contributed by atoms with van der Waals surface area (Å²) in [6.45, 7) is -0.322. The molecule has 0 saturated carbocycles. The molecular formula is C11H7F2N3O4. The maximum absolute atomic E-state index is 13.4. The van der Waals surface area contributed by atoms with Gasteiger partial charge >= 0.3 is 11.7 Å². The van der Waals surface area contributed by atoms with Crippen molar-refractivity contribution in [1.29, 1.82) is 0 Å².